The Bertz CT molecular complexity index is 593. The summed E-state index contributed by atoms with van der Waals surface area (Å²) in [6.45, 7) is 1.82. The molecule has 1 unspecified atom stereocenters. The van der Waals surface area contributed by atoms with Crippen LogP contribution in [-0.4, -0.2) is 35.2 Å². The summed E-state index contributed by atoms with van der Waals surface area (Å²) in [5.41, 5.74) is 0.440. The standard InChI is InChI=1S/C16H18N2O3/c1-2-12-14(20)17-13(19)10-18(12)15(21)16(8-9-16)11-6-4-3-5-7-11/h3-7,12H,2,8-10H2,1H3,(H,17,19,20). The smallest absolute Gasteiger partial charge is 0.249 e. The maximum absolute atomic E-state index is 12.9. The van der Waals surface area contributed by atoms with Crippen LogP contribution in [0.25, 0.3) is 0 Å². The number of nitrogens with one attached hydrogen (secondary N) is 1. The van der Waals surface area contributed by atoms with Gasteiger partial charge in [0.1, 0.15) is 12.6 Å². The largest absolute Gasteiger partial charge is 0.321 e. The van der Waals surface area contributed by atoms with Crippen molar-refractivity contribution in [1.29, 1.82) is 0 Å². The maximum Gasteiger partial charge on any atom is 0.249 e. The number of carbonyl (C=O) groups excluding carboxylic acids is 3. The lowest BCUT2D eigenvalue weighted by Crippen LogP contribution is -2.61. The molecule has 1 aromatic rings. The Morgan fingerprint density at radius 1 is 1.29 bits per heavy atom. The Morgan fingerprint density at radius 3 is 2.52 bits per heavy atom. The van der Waals surface area contributed by atoms with Crippen molar-refractivity contribution < 1.29 is 14.4 Å². The van der Waals surface area contributed by atoms with E-state index >= 15 is 0 Å². The minimum absolute atomic E-state index is 0.0301. The molecule has 1 N–H and O–H groups in total. The van der Waals surface area contributed by atoms with Crippen LogP contribution in [0.3, 0.4) is 0 Å². The van der Waals surface area contributed by atoms with Gasteiger partial charge in [0.05, 0.1) is 5.41 Å². The molecule has 1 aliphatic heterocycles. The van der Waals surface area contributed by atoms with Gasteiger partial charge in [0, 0.05) is 0 Å². The van der Waals surface area contributed by atoms with Crippen LogP contribution in [-0.2, 0) is 19.8 Å². The van der Waals surface area contributed by atoms with E-state index in [1.807, 2.05) is 37.3 Å². The first-order valence-electron chi connectivity index (χ1n) is 7.29. The summed E-state index contributed by atoms with van der Waals surface area (Å²) in [6.07, 6.45) is 2.06. The average molecular weight is 286 g/mol. The quantitative estimate of drug-likeness (QED) is 0.842. The highest BCUT2D eigenvalue weighted by Crippen LogP contribution is 2.50. The van der Waals surface area contributed by atoms with E-state index < -0.39 is 17.4 Å². The molecule has 0 aromatic heterocycles. The molecule has 21 heavy (non-hydrogen) atoms. The van der Waals surface area contributed by atoms with Gasteiger partial charge in [-0.05, 0) is 24.8 Å². The van der Waals surface area contributed by atoms with Gasteiger partial charge in [-0.15, -0.1) is 0 Å². The Kier molecular flexibility index (Phi) is 3.27. The Hall–Kier alpha value is -2.17. The highest BCUT2D eigenvalue weighted by atomic mass is 16.2. The van der Waals surface area contributed by atoms with Crippen LogP contribution in [0, 0.1) is 0 Å². The molecule has 3 amide bonds. The molecule has 110 valence electrons. The number of rotatable bonds is 3. The van der Waals surface area contributed by atoms with E-state index in [-0.39, 0.29) is 18.4 Å². The van der Waals surface area contributed by atoms with Crippen molar-refractivity contribution in [2.75, 3.05) is 6.54 Å². The van der Waals surface area contributed by atoms with Crippen molar-refractivity contribution in [1.82, 2.24) is 10.2 Å². The van der Waals surface area contributed by atoms with Gasteiger partial charge in [0.25, 0.3) is 0 Å². The molecular weight excluding hydrogens is 268 g/mol. The SMILES string of the molecule is CCC1C(=O)NC(=O)CN1C(=O)C1(c2ccccc2)CC1. The number of nitrogens with zero attached hydrogens (tertiary/aromatic N) is 1. The fraction of sp³-hybridized carbons (Fsp3) is 0.438. The number of benzene rings is 1. The normalized spacial score (nSPS) is 23.7. The number of hydrogen-bond acceptors (Lipinski definition) is 3. The van der Waals surface area contributed by atoms with E-state index in [4.69, 9.17) is 0 Å². The van der Waals surface area contributed by atoms with Gasteiger partial charge in [-0.1, -0.05) is 37.3 Å². The van der Waals surface area contributed by atoms with Crippen molar-refractivity contribution in [3.8, 4) is 0 Å². The Labute approximate surface area is 123 Å². The van der Waals surface area contributed by atoms with E-state index in [1.165, 1.54) is 4.90 Å². The molecule has 1 aromatic carbocycles. The second kappa shape index (κ2) is 4.98. The topological polar surface area (TPSA) is 66.5 Å². The Morgan fingerprint density at radius 2 is 1.95 bits per heavy atom. The van der Waals surface area contributed by atoms with Crippen LogP contribution in [0.5, 0.6) is 0 Å². The lowest BCUT2D eigenvalue weighted by molar-refractivity contribution is -0.151. The molecule has 0 radical (unpaired) electrons. The van der Waals surface area contributed by atoms with Crippen molar-refractivity contribution in [2.24, 2.45) is 0 Å². The summed E-state index contributed by atoms with van der Waals surface area (Å²) in [5, 5.41) is 2.31. The van der Waals surface area contributed by atoms with Crippen LogP contribution in [0.4, 0.5) is 0 Å². The maximum atomic E-state index is 12.9. The van der Waals surface area contributed by atoms with Crippen molar-refractivity contribution in [2.45, 2.75) is 37.6 Å². The molecule has 5 nitrogen and oxygen atoms in total. The third kappa shape index (κ3) is 2.22. The lowest BCUT2D eigenvalue weighted by Gasteiger charge is -2.36. The minimum Gasteiger partial charge on any atom is -0.321 e. The number of hydrogen-bond donors (Lipinski definition) is 1. The predicted octanol–water partition coefficient (Wildman–Crippen LogP) is 0.982. The van der Waals surface area contributed by atoms with E-state index in [9.17, 15) is 14.4 Å². The first-order chi connectivity index (χ1) is 10.1. The monoisotopic (exact) mass is 286 g/mol. The van der Waals surface area contributed by atoms with Crippen molar-refractivity contribution >= 4 is 17.7 Å². The van der Waals surface area contributed by atoms with Crippen LogP contribution in [0.1, 0.15) is 31.7 Å². The summed E-state index contributed by atoms with van der Waals surface area (Å²) < 4.78 is 0. The number of carbonyl (C=O) groups is 3. The summed E-state index contributed by atoms with van der Waals surface area (Å²) in [4.78, 5) is 37.9. The van der Waals surface area contributed by atoms with Gasteiger partial charge in [0.2, 0.25) is 17.7 Å². The van der Waals surface area contributed by atoms with Crippen molar-refractivity contribution in [3.63, 3.8) is 0 Å². The second-order valence-electron chi connectivity index (χ2n) is 5.72. The first-order valence-corrected chi connectivity index (χ1v) is 7.29. The zero-order valence-corrected chi connectivity index (χ0v) is 12.0. The van der Waals surface area contributed by atoms with E-state index in [2.05, 4.69) is 5.32 Å². The van der Waals surface area contributed by atoms with Gasteiger partial charge in [0.15, 0.2) is 0 Å². The van der Waals surface area contributed by atoms with Crippen LogP contribution < -0.4 is 5.32 Å². The van der Waals surface area contributed by atoms with Gasteiger partial charge in [-0.25, -0.2) is 0 Å². The van der Waals surface area contributed by atoms with Gasteiger partial charge < -0.3 is 4.90 Å². The number of piperazine rings is 1. The summed E-state index contributed by atoms with van der Waals surface area (Å²) in [7, 11) is 0. The number of imide groups is 1. The summed E-state index contributed by atoms with van der Waals surface area (Å²) >= 11 is 0. The highest BCUT2D eigenvalue weighted by molar-refractivity contribution is 6.06. The summed E-state index contributed by atoms with van der Waals surface area (Å²) in [6, 6.07) is 9.07. The number of amides is 3. The van der Waals surface area contributed by atoms with Crippen LogP contribution in [0.15, 0.2) is 30.3 Å². The second-order valence-corrected chi connectivity index (χ2v) is 5.72. The lowest BCUT2D eigenvalue weighted by atomic mass is 9.93. The molecule has 2 aliphatic rings. The third-order valence-corrected chi connectivity index (χ3v) is 4.39. The van der Waals surface area contributed by atoms with Gasteiger partial charge in [-0.2, -0.15) is 0 Å². The van der Waals surface area contributed by atoms with Crippen LogP contribution >= 0.6 is 0 Å². The predicted molar refractivity (Wildman–Crippen MR) is 76.3 cm³/mol. The van der Waals surface area contributed by atoms with Crippen LogP contribution in [0.2, 0.25) is 0 Å². The van der Waals surface area contributed by atoms with Crippen molar-refractivity contribution in [3.05, 3.63) is 35.9 Å². The molecule has 0 bridgehead atoms. The fourth-order valence-corrected chi connectivity index (χ4v) is 3.07. The first kappa shape index (κ1) is 13.8. The third-order valence-electron chi connectivity index (χ3n) is 4.39. The zero-order chi connectivity index (χ0) is 15.0. The Balaban J connectivity index is 1.90. The zero-order valence-electron chi connectivity index (χ0n) is 12.0. The molecule has 1 saturated carbocycles. The molecule has 1 aliphatic carbocycles. The summed E-state index contributed by atoms with van der Waals surface area (Å²) in [5.74, 6) is -0.864. The minimum atomic E-state index is -0.545. The molecule has 1 atom stereocenters. The average Bonchev–Trinajstić information content (AvgIpc) is 3.28. The highest BCUT2D eigenvalue weighted by Gasteiger charge is 2.55. The van der Waals surface area contributed by atoms with Gasteiger partial charge in [-0.3, -0.25) is 19.7 Å². The molecule has 3 rings (SSSR count). The molecule has 0 spiro atoms. The van der Waals surface area contributed by atoms with E-state index in [0.29, 0.717) is 6.42 Å². The van der Waals surface area contributed by atoms with Gasteiger partial charge >= 0.3 is 0 Å². The van der Waals surface area contributed by atoms with E-state index in [1.54, 1.807) is 0 Å². The molecule has 1 saturated heterocycles. The molecule has 5 heteroatoms. The molecule has 1 heterocycles. The molecule has 2 fully saturated rings. The van der Waals surface area contributed by atoms with E-state index in [0.717, 1.165) is 18.4 Å². The fourth-order valence-electron chi connectivity index (χ4n) is 3.07. The molecular formula is C16H18N2O3.